The van der Waals surface area contributed by atoms with E-state index >= 15 is 0 Å². The molecule has 5 heteroatoms. The van der Waals surface area contributed by atoms with Crippen LogP contribution in [0.2, 0.25) is 0 Å². The summed E-state index contributed by atoms with van der Waals surface area (Å²) in [4.78, 5) is 15.6. The lowest BCUT2D eigenvalue weighted by atomic mass is 10.2. The number of para-hydroxylation sites is 2. The summed E-state index contributed by atoms with van der Waals surface area (Å²) in [6, 6.07) is 6.75. The number of aliphatic carboxylic acids is 1. The number of hydrogen-bond donors (Lipinski definition) is 2. The molecule has 0 saturated carbocycles. The van der Waals surface area contributed by atoms with E-state index in [9.17, 15) is 9.90 Å². The van der Waals surface area contributed by atoms with Gasteiger partial charge in [-0.3, -0.25) is 0 Å². The van der Waals surface area contributed by atoms with E-state index in [0.29, 0.717) is 6.42 Å². The standard InChI is InChI=1S/C12H15N3O2/c1-2-11-14-8-5-3-4-6-9(8)15(11)10(7-13)12(16)17/h3-6,10H,2,7,13H2,1H3,(H,16,17). The molecule has 0 amide bonds. The zero-order valence-electron chi connectivity index (χ0n) is 9.63. The number of benzene rings is 1. The molecule has 1 aromatic heterocycles. The minimum Gasteiger partial charge on any atom is -0.480 e. The molecule has 3 N–H and O–H groups in total. The normalized spacial score (nSPS) is 12.8. The van der Waals surface area contributed by atoms with Crippen LogP contribution in [0.3, 0.4) is 0 Å². The number of carboxylic acids is 1. The van der Waals surface area contributed by atoms with Crippen molar-refractivity contribution in [3.05, 3.63) is 30.1 Å². The van der Waals surface area contributed by atoms with Crippen molar-refractivity contribution in [1.29, 1.82) is 0 Å². The molecule has 2 aromatic rings. The molecule has 17 heavy (non-hydrogen) atoms. The van der Waals surface area contributed by atoms with Crippen molar-refractivity contribution < 1.29 is 9.90 Å². The number of hydrogen-bond acceptors (Lipinski definition) is 3. The molecule has 1 heterocycles. The average molecular weight is 233 g/mol. The summed E-state index contributed by atoms with van der Waals surface area (Å²) < 4.78 is 1.72. The zero-order chi connectivity index (χ0) is 12.4. The third-order valence-electron chi connectivity index (χ3n) is 2.81. The largest absolute Gasteiger partial charge is 0.480 e. The minimum atomic E-state index is -0.926. The van der Waals surface area contributed by atoms with Gasteiger partial charge in [-0.05, 0) is 12.1 Å². The highest BCUT2D eigenvalue weighted by Gasteiger charge is 2.22. The van der Waals surface area contributed by atoms with Crippen LogP contribution in [0.4, 0.5) is 0 Å². The Morgan fingerprint density at radius 1 is 1.53 bits per heavy atom. The van der Waals surface area contributed by atoms with Gasteiger partial charge in [0, 0.05) is 13.0 Å². The summed E-state index contributed by atoms with van der Waals surface area (Å²) in [6.07, 6.45) is 0.679. The molecule has 2 rings (SSSR count). The van der Waals surface area contributed by atoms with Crippen LogP contribution in [0.1, 0.15) is 18.8 Å². The maximum absolute atomic E-state index is 11.2. The van der Waals surface area contributed by atoms with Crippen LogP contribution in [-0.4, -0.2) is 27.2 Å². The molecular formula is C12H15N3O2. The summed E-state index contributed by atoms with van der Waals surface area (Å²) in [6.45, 7) is 2.01. The summed E-state index contributed by atoms with van der Waals surface area (Å²) in [5.74, 6) is -0.172. The fraction of sp³-hybridized carbons (Fsp3) is 0.333. The molecule has 1 unspecified atom stereocenters. The van der Waals surface area contributed by atoms with Gasteiger partial charge < -0.3 is 15.4 Å². The number of aromatic nitrogens is 2. The van der Waals surface area contributed by atoms with Gasteiger partial charge in [0.2, 0.25) is 0 Å². The highest BCUT2D eigenvalue weighted by atomic mass is 16.4. The first-order chi connectivity index (χ1) is 8.19. The molecule has 5 nitrogen and oxygen atoms in total. The number of aryl methyl sites for hydroxylation is 1. The molecule has 0 aliphatic rings. The lowest BCUT2D eigenvalue weighted by Gasteiger charge is -2.15. The van der Waals surface area contributed by atoms with Gasteiger partial charge in [-0.25, -0.2) is 9.78 Å². The highest BCUT2D eigenvalue weighted by molar-refractivity contribution is 5.80. The van der Waals surface area contributed by atoms with Crippen LogP contribution in [0.25, 0.3) is 11.0 Å². The predicted octanol–water partition coefficient (Wildman–Crippen LogP) is 1.18. The second-order valence-electron chi connectivity index (χ2n) is 3.83. The van der Waals surface area contributed by atoms with Crippen molar-refractivity contribution in [2.75, 3.05) is 6.54 Å². The molecule has 1 atom stereocenters. The van der Waals surface area contributed by atoms with Gasteiger partial charge in [-0.2, -0.15) is 0 Å². The first kappa shape index (κ1) is 11.6. The Morgan fingerprint density at radius 3 is 2.82 bits per heavy atom. The van der Waals surface area contributed by atoms with E-state index in [0.717, 1.165) is 16.9 Å². The third kappa shape index (κ3) is 1.89. The predicted molar refractivity (Wildman–Crippen MR) is 64.8 cm³/mol. The van der Waals surface area contributed by atoms with Gasteiger partial charge in [0.1, 0.15) is 11.9 Å². The molecule has 90 valence electrons. The Bertz CT molecular complexity index is 548. The number of imidazole rings is 1. The van der Waals surface area contributed by atoms with Crippen LogP contribution >= 0.6 is 0 Å². The Hall–Kier alpha value is -1.88. The number of nitrogens with zero attached hydrogens (tertiary/aromatic N) is 2. The van der Waals surface area contributed by atoms with Crippen molar-refractivity contribution in [2.24, 2.45) is 5.73 Å². The number of nitrogens with two attached hydrogens (primary N) is 1. The second-order valence-corrected chi connectivity index (χ2v) is 3.83. The van der Waals surface area contributed by atoms with Crippen LogP contribution in [0.15, 0.2) is 24.3 Å². The van der Waals surface area contributed by atoms with E-state index in [1.807, 2.05) is 31.2 Å². The van der Waals surface area contributed by atoms with Gasteiger partial charge in [-0.1, -0.05) is 19.1 Å². The van der Waals surface area contributed by atoms with Gasteiger partial charge in [0.25, 0.3) is 0 Å². The van der Waals surface area contributed by atoms with Gasteiger partial charge in [0.05, 0.1) is 11.0 Å². The van der Waals surface area contributed by atoms with Gasteiger partial charge >= 0.3 is 5.97 Å². The lowest BCUT2D eigenvalue weighted by Crippen LogP contribution is -2.28. The lowest BCUT2D eigenvalue weighted by molar-refractivity contribution is -0.140. The second kappa shape index (κ2) is 4.55. The minimum absolute atomic E-state index is 0.0582. The number of carbonyl (C=O) groups is 1. The quantitative estimate of drug-likeness (QED) is 0.831. The topological polar surface area (TPSA) is 81.1 Å². The fourth-order valence-corrected chi connectivity index (χ4v) is 2.01. The molecule has 0 spiro atoms. The Balaban J connectivity index is 2.68. The van der Waals surface area contributed by atoms with Crippen molar-refractivity contribution >= 4 is 17.0 Å². The molecule has 1 aromatic carbocycles. The first-order valence-corrected chi connectivity index (χ1v) is 5.57. The Labute approximate surface area is 98.9 Å². The smallest absolute Gasteiger partial charge is 0.328 e. The summed E-state index contributed by atoms with van der Waals surface area (Å²) in [7, 11) is 0. The van der Waals surface area contributed by atoms with E-state index in [1.54, 1.807) is 4.57 Å². The number of carboxylic acid groups (broad SMARTS) is 1. The van der Waals surface area contributed by atoms with Crippen LogP contribution < -0.4 is 5.73 Å². The van der Waals surface area contributed by atoms with Crippen LogP contribution in [0, 0.1) is 0 Å². The fourth-order valence-electron chi connectivity index (χ4n) is 2.01. The molecule has 0 radical (unpaired) electrons. The van der Waals surface area contributed by atoms with Crippen molar-refractivity contribution in [2.45, 2.75) is 19.4 Å². The molecule has 0 fully saturated rings. The SMILES string of the molecule is CCc1nc2ccccc2n1C(CN)C(=O)O. The van der Waals surface area contributed by atoms with E-state index < -0.39 is 12.0 Å². The Morgan fingerprint density at radius 2 is 2.24 bits per heavy atom. The van der Waals surface area contributed by atoms with Crippen LogP contribution in [0.5, 0.6) is 0 Å². The summed E-state index contributed by atoms with van der Waals surface area (Å²) >= 11 is 0. The highest BCUT2D eigenvalue weighted by Crippen LogP contribution is 2.21. The molecule has 0 bridgehead atoms. The van der Waals surface area contributed by atoms with Crippen LogP contribution in [-0.2, 0) is 11.2 Å². The maximum Gasteiger partial charge on any atom is 0.328 e. The monoisotopic (exact) mass is 233 g/mol. The van der Waals surface area contributed by atoms with E-state index in [1.165, 1.54) is 0 Å². The average Bonchev–Trinajstić information content (AvgIpc) is 2.69. The van der Waals surface area contributed by atoms with E-state index in [-0.39, 0.29) is 6.54 Å². The Kier molecular flexibility index (Phi) is 3.10. The first-order valence-electron chi connectivity index (χ1n) is 5.57. The molecule has 0 aliphatic carbocycles. The maximum atomic E-state index is 11.2. The van der Waals surface area contributed by atoms with Crippen molar-refractivity contribution in [3.8, 4) is 0 Å². The van der Waals surface area contributed by atoms with Crippen molar-refractivity contribution in [1.82, 2.24) is 9.55 Å². The third-order valence-corrected chi connectivity index (χ3v) is 2.81. The summed E-state index contributed by atoms with van der Waals surface area (Å²) in [5, 5.41) is 9.20. The number of fused-ring (bicyclic) bond motifs is 1. The molecular weight excluding hydrogens is 218 g/mol. The molecule has 0 saturated heterocycles. The van der Waals surface area contributed by atoms with E-state index in [2.05, 4.69) is 4.98 Å². The van der Waals surface area contributed by atoms with Crippen molar-refractivity contribution in [3.63, 3.8) is 0 Å². The van der Waals surface area contributed by atoms with Gasteiger partial charge in [0.15, 0.2) is 0 Å². The van der Waals surface area contributed by atoms with Gasteiger partial charge in [-0.15, -0.1) is 0 Å². The summed E-state index contributed by atoms with van der Waals surface area (Å²) in [5.41, 5.74) is 7.18. The molecule has 0 aliphatic heterocycles. The number of rotatable bonds is 4. The van der Waals surface area contributed by atoms with E-state index in [4.69, 9.17) is 5.73 Å². The zero-order valence-corrected chi connectivity index (χ0v) is 9.63.